The van der Waals surface area contributed by atoms with Gasteiger partial charge in [0.15, 0.2) is 11.7 Å². The molecule has 0 saturated carbocycles. The highest BCUT2D eigenvalue weighted by Crippen LogP contribution is 2.32. The van der Waals surface area contributed by atoms with Gasteiger partial charge in [-0.05, 0) is 61.7 Å². The maximum absolute atomic E-state index is 13.1. The maximum atomic E-state index is 13.1. The van der Waals surface area contributed by atoms with Crippen molar-refractivity contribution in [3.8, 4) is 0 Å². The quantitative estimate of drug-likeness (QED) is 0.336. The number of fused-ring (bicyclic) bond motifs is 1. The van der Waals surface area contributed by atoms with Crippen molar-refractivity contribution in [3.63, 3.8) is 0 Å². The summed E-state index contributed by atoms with van der Waals surface area (Å²) in [5.74, 6) is 0.626. The van der Waals surface area contributed by atoms with Crippen LogP contribution in [0.3, 0.4) is 0 Å². The van der Waals surface area contributed by atoms with Gasteiger partial charge in [-0.3, -0.25) is 9.59 Å². The van der Waals surface area contributed by atoms with Gasteiger partial charge in [-0.2, -0.15) is 0 Å². The van der Waals surface area contributed by atoms with Crippen molar-refractivity contribution in [2.24, 2.45) is 0 Å². The Morgan fingerprint density at radius 1 is 1.03 bits per heavy atom. The van der Waals surface area contributed by atoms with Crippen LogP contribution in [0.1, 0.15) is 46.6 Å². The van der Waals surface area contributed by atoms with Crippen LogP contribution in [-0.4, -0.2) is 19.4 Å². The Labute approximate surface area is 204 Å². The minimum Gasteiger partial charge on any atom is -0.456 e. The van der Waals surface area contributed by atoms with E-state index in [-0.39, 0.29) is 11.5 Å². The zero-order valence-corrected chi connectivity index (χ0v) is 20.0. The number of hydrogen-bond acceptors (Lipinski definition) is 5. The third-order valence-electron chi connectivity index (χ3n) is 6.57. The van der Waals surface area contributed by atoms with Crippen molar-refractivity contribution < 1.29 is 9.21 Å². The minimum absolute atomic E-state index is 0.0434. The lowest BCUT2D eigenvalue weighted by molar-refractivity contribution is 0.112. The summed E-state index contributed by atoms with van der Waals surface area (Å²) in [6.45, 7) is 5.62. The molecular weight excluding hydrogens is 436 g/mol. The van der Waals surface area contributed by atoms with Crippen LogP contribution in [0.4, 0.5) is 11.4 Å². The lowest BCUT2D eigenvalue weighted by Crippen LogP contribution is -2.28. The standard InChI is InChI=1S/C30H28N2O3/c1-20-16-25(21(2)31-27-11-7-6-8-23(27)19-33)30-26(17-20)28(34)18-29(35-30)22-12-14-32(15-13-22)24-9-4-3-5-10-24/h3-12,16-19,21,31H,13-15H2,1-2H3. The number of nitrogens with one attached hydrogen (secondary N) is 1. The number of para-hydroxylation sites is 2. The third-order valence-corrected chi connectivity index (χ3v) is 6.57. The van der Waals surface area contributed by atoms with E-state index < -0.39 is 0 Å². The molecule has 0 fully saturated rings. The highest BCUT2D eigenvalue weighted by molar-refractivity contribution is 5.86. The Morgan fingerprint density at radius 3 is 2.54 bits per heavy atom. The first-order valence-electron chi connectivity index (χ1n) is 11.9. The first-order chi connectivity index (χ1) is 17.0. The van der Waals surface area contributed by atoms with Gasteiger partial charge in [0.25, 0.3) is 0 Å². The van der Waals surface area contributed by atoms with E-state index in [9.17, 15) is 9.59 Å². The van der Waals surface area contributed by atoms with Crippen LogP contribution < -0.4 is 15.6 Å². The predicted octanol–water partition coefficient (Wildman–Crippen LogP) is 6.38. The number of anilines is 2. The molecule has 1 unspecified atom stereocenters. The lowest BCUT2D eigenvalue weighted by atomic mass is 9.99. The van der Waals surface area contributed by atoms with Crippen LogP contribution in [-0.2, 0) is 0 Å². The molecule has 1 aromatic heterocycles. The first-order valence-corrected chi connectivity index (χ1v) is 11.9. The van der Waals surface area contributed by atoms with Gasteiger partial charge >= 0.3 is 0 Å². The number of carbonyl (C=O) groups is 1. The van der Waals surface area contributed by atoms with E-state index in [4.69, 9.17) is 4.42 Å². The second kappa shape index (κ2) is 9.63. The van der Waals surface area contributed by atoms with Gasteiger partial charge in [0.1, 0.15) is 11.3 Å². The minimum atomic E-state index is -0.175. The molecule has 2 heterocycles. The molecule has 0 bridgehead atoms. The van der Waals surface area contributed by atoms with Crippen molar-refractivity contribution >= 4 is 34.2 Å². The van der Waals surface area contributed by atoms with E-state index in [0.717, 1.165) is 48.2 Å². The molecule has 3 aromatic carbocycles. The van der Waals surface area contributed by atoms with Gasteiger partial charge in [0.05, 0.1) is 11.4 Å². The van der Waals surface area contributed by atoms with Crippen molar-refractivity contribution in [1.29, 1.82) is 0 Å². The molecule has 0 saturated heterocycles. The van der Waals surface area contributed by atoms with E-state index >= 15 is 0 Å². The fourth-order valence-corrected chi connectivity index (χ4v) is 4.72. The van der Waals surface area contributed by atoms with Crippen molar-refractivity contribution in [1.82, 2.24) is 0 Å². The molecule has 5 heteroatoms. The van der Waals surface area contributed by atoms with Crippen LogP contribution >= 0.6 is 0 Å². The Hall–Kier alpha value is -4.12. The van der Waals surface area contributed by atoms with Crippen LogP contribution in [0.15, 0.2) is 88.1 Å². The summed E-state index contributed by atoms with van der Waals surface area (Å²) in [4.78, 5) is 26.9. The highest BCUT2D eigenvalue weighted by Gasteiger charge is 2.20. The second-order valence-corrected chi connectivity index (χ2v) is 9.04. The van der Waals surface area contributed by atoms with Crippen LogP contribution in [0, 0.1) is 6.92 Å². The molecule has 176 valence electrons. The van der Waals surface area contributed by atoms with Gasteiger partial charge < -0.3 is 14.6 Å². The van der Waals surface area contributed by atoms with Gasteiger partial charge in [-0.15, -0.1) is 0 Å². The fourth-order valence-electron chi connectivity index (χ4n) is 4.72. The third kappa shape index (κ3) is 4.62. The van der Waals surface area contributed by atoms with Crippen LogP contribution in [0.2, 0.25) is 0 Å². The summed E-state index contributed by atoms with van der Waals surface area (Å²) in [5, 5.41) is 4.00. The van der Waals surface area contributed by atoms with Crippen LogP contribution in [0.5, 0.6) is 0 Å². The van der Waals surface area contributed by atoms with E-state index in [1.807, 2.05) is 62.4 Å². The van der Waals surface area contributed by atoms with E-state index in [1.165, 1.54) is 5.69 Å². The molecule has 1 atom stereocenters. The van der Waals surface area contributed by atoms with Gasteiger partial charge in [0, 0.05) is 41.7 Å². The molecule has 4 aromatic rings. The normalized spacial score (nSPS) is 14.5. The zero-order valence-electron chi connectivity index (χ0n) is 20.0. The SMILES string of the molecule is Cc1cc(C(C)Nc2ccccc2C=O)c2oc(C3=CCN(c4ccccc4)CC3)cc(=O)c2c1. The summed E-state index contributed by atoms with van der Waals surface area (Å²) >= 11 is 0. The monoisotopic (exact) mass is 464 g/mol. The van der Waals surface area contributed by atoms with E-state index in [2.05, 4.69) is 28.4 Å². The number of benzene rings is 3. The largest absolute Gasteiger partial charge is 0.456 e. The number of hydrogen-bond donors (Lipinski definition) is 1. The molecule has 0 amide bonds. The molecule has 0 aliphatic carbocycles. The summed E-state index contributed by atoms with van der Waals surface area (Å²) in [6, 6.07) is 23.1. The molecule has 1 aliphatic rings. The predicted molar refractivity (Wildman–Crippen MR) is 142 cm³/mol. The zero-order chi connectivity index (χ0) is 24.4. The van der Waals surface area contributed by atoms with Gasteiger partial charge in [-0.1, -0.05) is 42.5 Å². The summed E-state index contributed by atoms with van der Waals surface area (Å²) in [7, 11) is 0. The number of aryl methyl sites for hydroxylation is 1. The first kappa shape index (κ1) is 22.7. The number of aldehydes is 1. The Bertz CT molecular complexity index is 1470. The summed E-state index contributed by atoms with van der Waals surface area (Å²) in [5.41, 5.74) is 6.01. The van der Waals surface area contributed by atoms with Gasteiger partial charge in [-0.25, -0.2) is 0 Å². The Kier molecular flexibility index (Phi) is 6.23. The van der Waals surface area contributed by atoms with Crippen molar-refractivity contribution in [2.45, 2.75) is 26.3 Å². The smallest absolute Gasteiger partial charge is 0.193 e. The highest BCUT2D eigenvalue weighted by atomic mass is 16.3. The molecular formula is C30H28N2O3. The number of rotatable bonds is 6. The topological polar surface area (TPSA) is 62.6 Å². The molecule has 0 spiro atoms. The summed E-state index contributed by atoms with van der Waals surface area (Å²) in [6.07, 6.45) is 3.79. The van der Waals surface area contributed by atoms with Crippen LogP contribution in [0.25, 0.3) is 16.5 Å². The van der Waals surface area contributed by atoms with Gasteiger partial charge in [0.2, 0.25) is 0 Å². The molecule has 0 radical (unpaired) electrons. The maximum Gasteiger partial charge on any atom is 0.193 e. The number of carbonyl (C=O) groups excluding carboxylic acids is 1. The molecule has 35 heavy (non-hydrogen) atoms. The lowest BCUT2D eigenvalue weighted by Gasteiger charge is -2.28. The van der Waals surface area contributed by atoms with Crippen molar-refractivity contribution in [2.75, 3.05) is 23.3 Å². The molecule has 1 aliphatic heterocycles. The molecule has 5 rings (SSSR count). The molecule has 5 nitrogen and oxygen atoms in total. The number of nitrogens with zero attached hydrogens (tertiary/aromatic N) is 1. The molecule has 1 N–H and O–H groups in total. The average Bonchev–Trinajstić information content (AvgIpc) is 2.89. The fraction of sp³-hybridized carbons (Fsp3) is 0.200. The van der Waals surface area contributed by atoms with E-state index in [1.54, 1.807) is 12.1 Å². The Balaban J connectivity index is 1.51. The Morgan fingerprint density at radius 2 is 1.80 bits per heavy atom. The van der Waals surface area contributed by atoms with Crippen molar-refractivity contribution in [3.05, 3.63) is 112 Å². The summed E-state index contributed by atoms with van der Waals surface area (Å²) < 4.78 is 6.43. The van der Waals surface area contributed by atoms with E-state index in [0.29, 0.717) is 22.3 Å². The average molecular weight is 465 g/mol. The second-order valence-electron chi connectivity index (χ2n) is 9.04.